The van der Waals surface area contributed by atoms with Crippen LogP contribution in [-0.4, -0.2) is 28.5 Å². The lowest BCUT2D eigenvalue weighted by atomic mass is 9.85. The Morgan fingerprint density at radius 2 is 2.30 bits per heavy atom. The van der Waals surface area contributed by atoms with Crippen molar-refractivity contribution in [2.24, 2.45) is 0 Å². The summed E-state index contributed by atoms with van der Waals surface area (Å²) in [5.41, 5.74) is 2.73. The van der Waals surface area contributed by atoms with Crippen LogP contribution in [0.4, 0.5) is 0 Å². The predicted molar refractivity (Wildman–Crippen MR) is 75.5 cm³/mol. The summed E-state index contributed by atoms with van der Waals surface area (Å²) in [5.74, 6) is 0.849. The molecule has 0 aliphatic carbocycles. The number of H-pyrrole nitrogens is 1. The molecule has 1 aromatic carbocycles. The molecule has 1 aliphatic heterocycles. The summed E-state index contributed by atoms with van der Waals surface area (Å²) in [6, 6.07) is 7.88. The molecule has 0 amide bonds. The zero-order valence-corrected chi connectivity index (χ0v) is 11.5. The number of para-hydroxylation sites is 1. The first kappa shape index (κ1) is 13.1. The highest BCUT2D eigenvalue weighted by Gasteiger charge is 2.36. The second kappa shape index (κ2) is 5.26. The number of aliphatic hydroxyl groups is 1. The van der Waals surface area contributed by atoms with Gasteiger partial charge in [-0.3, -0.25) is 10.4 Å². The molecule has 20 heavy (non-hydrogen) atoms. The summed E-state index contributed by atoms with van der Waals surface area (Å²) in [7, 11) is 0. The van der Waals surface area contributed by atoms with Gasteiger partial charge in [-0.15, -0.1) is 0 Å². The first-order valence-corrected chi connectivity index (χ1v) is 6.82. The van der Waals surface area contributed by atoms with Gasteiger partial charge in [0.15, 0.2) is 0 Å². The first-order valence-electron chi connectivity index (χ1n) is 6.82. The van der Waals surface area contributed by atoms with Gasteiger partial charge in [0, 0.05) is 18.5 Å². The Hall–Kier alpha value is -1.85. The number of ether oxygens (including phenoxy) is 1. The number of rotatable bonds is 4. The van der Waals surface area contributed by atoms with Gasteiger partial charge in [0.2, 0.25) is 0 Å². The van der Waals surface area contributed by atoms with Crippen LogP contribution in [0.5, 0.6) is 5.75 Å². The molecule has 1 aliphatic rings. The van der Waals surface area contributed by atoms with E-state index in [9.17, 15) is 5.11 Å². The van der Waals surface area contributed by atoms with E-state index < -0.39 is 5.54 Å². The molecule has 1 unspecified atom stereocenters. The van der Waals surface area contributed by atoms with E-state index in [0.717, 1.165) is 29.0 Å². The Bertz CT molecular complexity index is 596. The lowest BCUT2D eigenvalue weighted by molar-refractivity contribution is 0.105. The molecule has 5 heteroatoms. The quantitative estimate of drug-likeness (QED) is 0.789. The predicted octanol–water partition coefficient (Wildman–Crippen LogP) is 1.48. The molecule has 0 radical (unpaired) electrons. The summed E-state index contributed by atoms with van der Waals surface area (Å²) in [6.07, 6.45) is 2.55. The molecule has 2 heterocycles. The molecule has 0 bridgehead atoms. The summed E-state index contributed by atoms with van der Waals surface area (Å²) < 4.78 is 5.67. The zero-order valence-electron chi connectivity index (χ0n) is 11.5. The maximum Gasteiger partial charge on any atom is 0.124 e. The van der Waals surface area contributed by atoms with Crippen LogP contribution in [0, 0.1) is 6.92 Å². The first-order chi connectivity index (χ1) is 9.75. The van der Waals surface area contributed by atoms with Crippen molar-refractivity contribution in [3.05, 3.63) is 47.3 Å². The molecule has 0 saturated heterocycles. The fourth-order valence-corrected chi connectivity index (χ4v) is 2.67. The second-order valence-electron chi connectivity index (χ2n) is 5.22. The van der Waals surface area contributed by atoms with Crippen LogP contribution in [0.25, 0.3) is 0 Å². The van der Waals surface area contributed by atoms with E-state index in [0.29, 0.717) is 13.2 Å². The van der Waals surface area contributed by atoms with Crippen LogP contribution in [0.1, 0.15) is 23.2 Å². The lowest BCUT2D eigenvalue weighted by Gasteiger charge is -2.38. The number of hydrogen-bond donors (Lipinski definition) is 3. The Kier molecular flexibility index (Phi) is 3.46. The minimum Gasteiger partial charge on any atom is -0.493 e. The third kappa shape index (κ3) is 2.19. The van der Waals surface area contributed by atoms with E-state index in [1.165, 1.54) is 0 Å². The molecule has 3 N–H and O–H groups in total. The molecule has 1 aromatic heterocycles. The molecule has 1 atom stereocenters. The van der Waals surface area contributed by atoms with Gasteiger partial charge in [-0.05, 0) is 18.6 Å². The maximum atomic E-state index is 9.94. The van der Waals surface area contributed by atoms with Crippen molar-refractivity contribution in [3.8, 4) is 5.75 Å². The fraction of sp³-hybridized carbons (Fsp3) is 0.400. The van der Waals surface area contributed by atoms with Gasteiger partial charge in [0.25, 0.3) is 0 Å². The molecule has 0 fully saturated rings. The number of nitrogens with zero attached hydrogens (tertiary/aromatic N) is 1. The topological polar surface area (TPSA) is 70.2 Å². The highest BCUT2D eigenvalue weighted by atomic mass is 16.5. The van der Waals surface area contributed by atoms with Crippen molar-refractivity contribution < 1.29 is 9.84 Å². The zero-order chi connectivity index (χ0) is 14.0. The highest BCUT2D eigenvalue weighted by molar-refractivity contribution is 5.41. The smallest absolute Gasteiger partial charge is 0.124 e. The summed E-state index contributed by atoms with van der Waals surface area (Å²) in [5, 5.41) is 20.4. The number of hydrogen-bond acceptors (Lipinski definition) is 4. The molecular formula is C15H19N3O2. The van der Waals surface area contributed by atoms with Crippen molar-refractivity contribution in [1.82, 2.24) is 15.5 Å². The monoisotopic (exact) mass is 273 g/mol. The van der Waals surface area contributed by atoms with Crippen LogP contribution in [0.3, 0.4) is 0 Å². The summed E-state index contributed by atoms with van der Waals surface area (Å²) >= 11 is 0. The summed E-state index contributed by atoms with van der Waals surface area (Å²) in [6.45, 7) is 3.30. The van der Waals surface area contributed by atoms with Gasteiger partial charge >= 0.3 is 0 Å². The van der Waals surface area contributed by atoms with E-state index in [2.05, 4.69) is 15.5 Å². The average Bonchev–Trinajstić information content (AvgIpc) is 2.90. The normalized spacial score (nSPS) is 21.3. The molecule has 2 aromatic rings. The van der Waals surface area contributed by atoms with Gasteiger partial charge in [-0.25, -0.2) is 0 Å². The number of benzene rings is 1. The van der Waals surface area contributed by atoms with E-state index in [1.807, 2.05) is 31.2 Å². The van der Waals surface area contributed by atoms with Crippen LogP contribution in [0.15, 0.2) is 30.5 Å². The number of aliphatic hydroxyl groups excluding tert-OH is 1. The number of aryl methyl sites for hydroxylation is 1. The Morgan fingerprint density at radius 3 is 3.05 bits per heavy atom. The Labute approximate surface area is 118 Å². The highest BCUT2D eigenvalue weighted by Crippen LogP contribution is 2.36. The second-order valence-corrected chi connectivity index (χ2v) is 5.22. The van der Waals surface area contributed by atoms with Crippen molar-refractivity contribution in [1.29, 1.82) is 0 Å². The molecule has 106 valence electrons. The van der Waals surface area contributed by atoms with E-state index >= 15 is 0 Å². The minimum atomic E-state index is -0.452. The molecule has 5 nitrogen and oxygen atoms in total. The SMILES string of the molecule is Cc1cn[nH]c1CNC1(CO)CCOc2ccccc21. The van der Waals surface area contributed by atoms with Crippen LogP contribution < -0.4 is 10.1 Å². The van der Waals surface area contributed by atoms with Crippen LogP contribution in [0.2, 0.25) is 0 Å². The van der Waals surface area contributed by atoms with Gasteiger partial charge in [0.1, 0.15) is 5.75 Å². The Morgan fingerprint density at radius 1 is 1.45 bits per heavy atom. The van der Waals surface area contributed by atoms with Gasteiger partial charge in [-0.2, -0.15) is 5.10 Å². The number of aromatic amines is 1. The van der Waals surface area contributed by atoms with E-state index in [1.54, 1.807) is 6.20 Å². The number of aromatic nitrogens is 2. The molecular weight excluding hydrogens is 254 g/mol. The number of nitrogens with one attached hydrogen (secondary N) is 2. The van der Waals surface area contributed by atoms with Crippen molar-refractivity contribution in [3.63, 3.8) is 0 Å². The van der Waals surface area contributed by atoms with Crippen molar-refractivity contribution >= 4 is 0 Å². The number of fused-ring (bicyclic) bond motifs is 1. The Balaban J connectivity index is 1.87. The summed E-state index contributed by atoms with van der Waals surface area (Å²) in [4.78, 5) is 0. The van der Waals surface area contributed by atoms with E-state index in [-0.39, 0.29) is 6.61 Å². The molecule has 0 spiro atoms. The lowest BCUT2D eigenvalue weighted by Crippen LogP contribution is -2.48. The standard InChI is InChI=1S/C15H19N3O2/c1-11-8-17-18-13(11)9-16-15(10-19)6-7-20-14-5-3-2-4-12(14)15/h2-5,8,16,19H,6-7,9-10H2,1H3,(H,17,18). The van der Waals surface area contributed by atoms with E-state index in [4.69, 9.17) is 4.74 Å². The van der Waals surface area contributed by atoms with Gasteiger partial charge < -0.3 is 9.84 Å². The molecule has 3 rings (SSSR count). The van der Waals surface area contributed by atoms with Crippen LogP contribution >= 0.6 is 0 Å². The van der Waals surface area contributed by atoms with Crippen molar-refractivity contribution in [2.75, 3.05) is 13.2 Å². The third-order valence-electron chi connectivity index (χ3n) is 4.00. The molecule has 0 saturated carbocycles. The van der Waals surface area contributed by atoms with Gasteiger partial charge in [-0.1, -0.05) is 18.2 Å². The average molecular weight is 273 g/mol. The largest absolute Gasteiger partial charge is 0.493 e. The maximum absolute atomic E-state index is 9.94. The van der Waals surface area contributed by atoms with Crippen molar-refractivity contribution in [2.45, 2.75) is 25.4 Å². The minimum absolute atomic E-state index is 0.0422. The van der Waals surface area contributed by atoms with Gasteiger partial charge in [0.05, 0.1) is 30.6 Å². The fourth-order valence-electron chi connectivity index (χ4n) is 2.67. The third-order valence-corrected chi connectivity index (χ3v) is 4.00. The van der Waals surface area contributed by atoms with Crippen LogP contribution in [-0.2, 0) is 12.1 Å².